The fourth-order valence-electron chi connectivity index (χ4n) is 1.57. The second kappa shape index (κ2) is 11.1. The molecular formula is C13H26IN5. The van der Waals surface area contributed by atoms with Crippen LogP contribution in [-0.2, 0) is 6.54 Å². The van der Waals surface area contributed by atoms with Gasteiger partial charge in [0.25, 0.3) is 0 Å². The predicted molar refractivity (Wildman–Crippen MR) is 91.3 cm³/mol. The van der Waals surface area contributed by atoms with Gasteiger partial charge in [-0.2, -0.15) is 5.10 Å². The van der Waals surface area contributed by atoms with Gasteiger partial charge in [-0.1, -0.05) is 13.3 Å². The Morgan fingerprint density at radius 2 is 2.16 bits per heavy atom. The number of hydrogen-bond acceptors (Lipinski definition) is 2. The van der Waals surface area contributed by atoms with Gasteiger partial charge >= 0.3 is 0 Å². The van der Waals surface area contributed by atoms with Gasteiger partial charge in [0.2, 0.25) is 0 Å². The third kappa shape index (κ3) is 8.07. The molecule has 0 fully saturated rings. The van der Waals surface area contributed by atoms with Gasteiger partial charge in [0.1, 0.15) is 0 Å². The van der Waals surface area contributed by atoms with Crippen LogP contribution in [0.2, 0.25) is 0 Å². The normalized spacial score (nSPS) is 11.0. The lowest BCUT2D eigenvalue weighted by Gasteiger charge is -2.11. The van der Waals surface area contributed by atoms with E-state index in [9.17, 15) is 0 Å². The molecule has 1 heterocycles. The van der Waals surface area contributed by atoms with Gasteiger partial charge in [-0.3, -0.25) is 9.67 Å². The summed E-state index contributed by atoms with van der Waals surface area (Å²) in [7, 11) is 0. The molecule has 0 aliphatic heterocycles. The van der Waals surface area contributed by atoms with Crippen LogP contribution >= 0.6 is 24.0 Å². The monoisotopic (exact) mass is 379 g/mol. The summed E-state index contributed by atoms with van der Waals surface area (Å²) in [6.07, 6.45) is 6.23. The summed E-state index contributed by atoms with van der Waals surface area (Å²) < 4.78 is 1.94. The van der Waals surface area contributed by atoms with Crippen LogP contribution in [0.3, 0.4) is 0 Å². The molecule has 6 heteroatoms. The molecule has 0 saturated carbocycles. The van der Waals surface area contributed by atoms with Crippen molar-refractivity contribution in [3.8, 4) is 0 Å². The molecule has 0 atom stereocenters. The zero-order valence-electron chi connectivity index (χ0n) is 12.1. The number of aryl methyl sites for hydroxylation is 1. The molecule has 0 spiro atoms. The van der Waals surface area contributed by atoms with Crippen molar-refractivity contribution in [1.82, 2.24) is 20.4 Å². The van der Waals surface area contributed by atoms with Gasteiger partial charge in [0.15, 0.2) is 5.96 Å². The Balaban J connectivity index is 0.00000324. The van der Waals surface area contributed by atoms with Gasteiger partial charge in [0.05, 0.1) is 12.7 Å². The first-order valence-corrected chi connectivity index (χ1v) is 6.77. The number of rotatable bonds is 7. The highest BCUT2D eigenvalue weighted by molar-refractivity contribution is 14.0. The number of halogens is 1. The van der Waals surface area contributed by atoms with Gasteiger partial charge in [0, 0.05) is 25.8 Å². The third-order valence-corrected chi connectivity index (χ3v) is 2.52. The van der Waals surface area contributed by atoms with E-state index in [0.29, 0.717) is 0 Å². The van der Waals surface area contributed by atoms with Gasteiger partial charge < -0.3 is 10.6 Å². The molecule has 0 bridgehead atoms. The third-order valence-electron chi connectivity index (χ3n) is 2.52. The average Bonchev–Trinajstić information content (AvgIpc) is 2.75. The van der Waals surface area contributed by atoms with E-state index in [-0.39, 0.29) is 24.0 Å². The first-order valence-electron chi connectivity index (χ1n) is 6.77. The fraction of sp³-hybridized carbons (Fsp3) is 0.692. The maximum Gasteiger partial charge on any atom is 0.191 e. The molecule has 0 aliphatic carbocycles. The Labute approximate surface area is 133 Å². The number of nitrogens with one attached hydrogen (secondary N) is 2. The van der Waals surface area contributed by atoms with Crippen LogP contribution in [0.5, 0.6) is 0 Å². The van der Waals surface area contributed by atoms with Crippen LogP contribution in [0.25, 0.3) is 0 Å². The SMILES string of the molecule is CCCCN=C(NCC)NCCn1cc(C)cn1.I. The van der Waals surface area contributed by atoms with Crippen molar-refractivity contribution < 1.29 is 0 Å². The minimum absolute atomic E-state index is 0. The van der Waals surface area contributed by atoms with E-state index in [1.54, 1.807) is 0 Å². The number of aromatic nitrogens is 2. The number of aliphatic imine (C=N–C) groups is 1. The first-order chi connectivity index (χ1) is 8.76. The lowest BCUT2D eigenvalue weighted by molar-refractivity contribution is 0.597. The topological polar surface area (TPSA) is 54.2 Å². The van der Waals surface area contributed by atoms with Crippen molar-refractivity contribution in [3.05, 3.63) is 18.0 Å². The smallest absolute Gasteiger partial charge is 0.191 e. The molecule has 1 rings (SSSR count). The lowest BCUT2D eigenvalue weighted by Crippen LogP contribution is -2.39. The van der Waals surface area contributed by atoms with Crippen molar-refractivity contribution in [3.63, 3.8) is 0 Å². The van der Waals surface area contributed by atoms with Crippen LogP contribution in [0, 0.1) is 6.92 Å². The Morgan fingerprint density at radius 3 is 2.74 bits per heavy atom. The van der Waals surface area contributed by atoms with E-state index < -0.39 is 0 Å². The highest BCUT2D eigenvalue weighted by atomic mass is 127. The zero-order chi connectivity index (χ0) is 13.2. The zero-order valence-corrected chi connectivity index (χ0v) is 14.5. The van der Waals surface area contributed by atoms with Crippen molar-refractivity contribution in [2.75, 3.05) is 19.6 Å². The Kier molecular flexibility index (Phi) is 10.6. The summed E-state index contributed by atoms with van der Waals surface area (Å²) in [6, 6.07) is 0. The average molecular weight is 379 g/mol. The van der Waals surface area contributed by atoms with Crippen molar-refractivity contribution in [1.29, 1.82) is 0 Å². The minimum atomic E-state index is 0. The van der Waals surface area contributed by atoms with Gasteiger partial charge in [-0.05, 0) is 25.8 Å². The molecule has 0 unspecified atom stereocenters. The maximum absolute atomic E-state index is 4.50. The summed E-state index contributed by atoms with van der Waals surface area (Å²) in [6.45, 7) is 9.76. The number of unbranched alkanes of at least 4 members (excludes halogenated alkanes) is 1. The maximum atomic E-state index is 4.50. The summed E-state index contributed by atoms with van der Waals surface area (Å²) >= 11 is 0. The number of guanidine groups is 1. The molecular weight excluding hydrogens is 353 g/mol. The molecule has 0 amide bonds. The van der Waals surface area contributed by atoms with Crippen LogP contribution in [-0.4, -0.2) is 35.4 Å². The van der Waals surface area contributed by atoms with Crippen LogP contribution in [0.15, 0.2) is 17.4 Å². The summed E-state index contributed by atoms with van der Waals surface area (Å²) in [5.41, 5.74) is 1.19. The molecule has 2 N–H and O–H groups in total. The van der Waals surface area contributed by atoms with E-state index in [0.717, 1.165) is 38.6 Å². The van der Waals surface area contributed by atoms with Crippen molar-refractivity contribution in [2.45, 2.75) is 40.2 Å². The quantitative estimate of drug-likeness (QED) is 0.331. The fourth-order valence-corrected chi connectivity index (χ4v) is 1.57. The number of hydrogen-bond donors (Lipinski definition) is 2. The Bertz CT molecular complexity index is 362. The summed E-state index contributed by atoms with van der Waals surface area (Å²) in [5.74, 6) is 0.898. The highest BCUT2D eigenvalue weighted by Crippen LogP contribution is 1.93. The van der Waals surface area contributed by atoms with Crippen LogP contribution < -0.4 is 10.6 Å². The molecule has 19 heavy (non-hydrogen) atoms. The second-order valence-corrected chi connectivity index (χ2v) is 4.32. The van der Waals surface area contributed by atoms with Gasteiger partial charge in [-0.15, -0.1) is 24.0 Å². The molecule has 0 radical (unpaired) electrons. The molecule has 1 aromatic rings. The van der Waals surface area contributed by atoms with Crippen LogP contribution in [0.4, 0.5) is 0 Å². The van der Waals surface area contributed by atoms with E-state index in [1.807, 2.05) is 24.0 Å². The van der Waals surface area contributed by atoms with Crippen LogP contribution in [0.1, 0.15) is 32.3 Å². The predicted octanol–water partition coefficient (Wildman–Crippen LogP) is 2.16. The van der Waals surface area contributed by atoms with E-state index in [2.05, 4.69) is 34.6 Å². The Morgan fingerprint density at radius 1 is 1.37 bits per heavy atom. The molecule has 0 aliphatic rings. The molecule has 5 nitrogen and oxygen atoms in total. The van der Waals surface area contributed by atoms with Crippen molar-refractivity contribution in [2.24, 2.45) is 4.99 Å². The highest BCUT2D eigenvalue weighted by Gasteiger charge is 1.97. The van der Waals surface area contributed by atoms with Gasteiger partial charge in [-0.25, -0.2) is 0 Å². The second-order valence-electron chi connectivity index (χ2n) is 4.32. The summed E-state index contributed by atoms with van der Waals surface area (Å²) in [4.78, 5) is 4.50. The molecule has 110 valence electrons. The number of nitrogens with zero attached hydrogens (tertiary/aromatic N) is 3. The lowest BCUT2D eigenvalue weighted by atomic mass is 10.3. The standard InChI is InChI=1S/C13H25N5.HI/c1-4-6-7-15-13(14-5-2)16-8-9-18-11-12(3)10-17-18;/h10-11H,4-9H2,1-3H3,(H2,14,15,16);1H. The van der Waals surface area contributed by atoms with Crippen molar-refractivity contribution >= 4 is 29.9 Å². The largest absolute Gasteiger partial charge is 0.357 e. The Hall–Kier alpha value is -0.790. The molecule has 1 aromatic heterocycles. The van der Waals surface area contributed by atoms with E-state index in [4.69, 9.17) is 0 Å². The summed E-state index contributed by atoms with van der Waals surface area (Å²) in [5, 5.41) is 10.8. The molecule has 0 aromatic carbocycles. The first kappa shape index (κ1) is 18.2. The molecule has 0 saturated heterocycles. The van der Waals surface area contributed by atoms with E-state index in [1.165, 1.54) is 12.0 Å². The van der Waals surface area contributed by atoms with E-state index >= 15 is 0 Å². The minimum Gasteiger partial charge on any atom is -0.357 e.